The zero-order valence-electron chi connectivity index (χ0n) is 20.8. The topological polar surface area (TPSA) is 84.9 Å². The Balaban J connectivity index is 1.15. The molecule has 0 radical (unpaired) electrons. The molecule has 1 N–H and O–H groups in total. The second kappa shape index (κ2) is 10.9. The maximum absolute atomic E-state index is 13.1. The summed E-state index contributed by atoms with van der Waals surface area (Å²) in [6.07, 6.45) is 0.580. The molecule has 1 saturated heterocycles. The first-order chi connectivity index (χ1) is 18.0. The molecule has 0 aromatic heterocycles. The van der Waals surface area contributed by atoms with E-state index in [1.54, 1.807) is 6.92 Å². The molecule has 3 aromatic rings. The van der Waals surface area contributed by atoms with E-state index in [1.807, 2.05) is 54.6 Å². The zero-order valence-corrected chi connectivity index (χ0v) is 20.8. The van der Waals surface area contributed by atoms with Crippen LogP contribution in [-0.2, 0) is 25.7 Å². The van der Waals surface area contributed by atoms with Gasteiger partial charge in [-0.2, -0.15) is 0 Å². The maximum atomic E-state index is 13.1. The van der Waals surface area contributed by atoms with Crippen molar-refractivity contribution in [2.45, 2.75) is 44.4 Å². The van der Waals surface area contributed by atoms with E-state index in [-0.39, 0.29) is 25.0 Å². The molecule has 37 heavy (non-hydrogen) atoms. The van der Waals surface area contributed by atoms with Gasteiger partial charge in [-0.3, -0.25) is 4.79 Å². The Bertz CT molecular complexity index is 1250. The average Bonchev–Trinajstić information content (AvgIpc) is 3.54. The third-order valence-corrected chi connectivity index (χ3v) is 7.08. The molecule has 7 heteroatoms. The van der Waals surface area contributed by atoms with E-state index in [0.717, 1.165) is 27.8 Å². The Morgan fingerprint density at radius 1 is 0.892 bits per heavy atom. The maximum Gasteiger partial charge on any atom is 0.407 e. The third-order valence-electron chi connectivity index (χ3n) is 7.08. The largest absolute Gasteiger partial charge is 0.459 e. The van der Waals surface area contributed by atoms with Crippen LogP contribution in [0.1, 0.15) is 42.4 Å². The van der Waals surface area contributed by atoms with Crippen molar-refractivity contribution in [2.75, 3.05) is 13.2 Å². The first kappa shape index (κ1) is 24.6. The lowest BCUT2D eigenvalue weighted by Gasteiger charge is -2.26. The summed E-state index contributed by atoms with van der Waals surface area (Å²) in [4.78, 5) is 39.9. The number of benzene rings is 3. The fraction of sp³-hybridized carbons (Fsp3) is 0.300. The molecule has 0 saturated carbocycles. The number of nitrogens with zero attached hydrogens (tertiary/aromatic N) is 1. The van der Waals surface area contributed by atoms with E-state index in [0.29, 0.717) is 19.4 Å². The molecule has 0 unspecified atom stereocenters. The van der Waals surface area contributed by atoms with Crippen LogP contribution in [0.4, 0.5) is 4.79 Å². The van der Waals surface area contributed by atoms with Crippen molar-refractivity contribution in [3.05, 3.63) is 95.6 Å². The number of carbonyl (C=O) groups excluding carboxylic acids is 3. The predicted molar refractivity (Wildman–Crippen MR) is 139 cm³/mol. The van der Waals surface area contributed by atoms with Gasteiger partial charge < -0.3 is 19.7 Å². The van der Waals surface area contributed by atoms with Gasteiger partial charge >= 0.3 is 12.1 Å². The van der Waals surface area contributed by atoms with Crippen molar-refractivity contribution < 1.29 is 23.9 Å². The molecule has 1 aliphatic heterocycles. The molecule has 3 aromatic carbocycles. The minimum atomic E-state index is -0.835. The molecule has 1 fully saturated rings. The number of carbonyl (C=O) groups is 3. The Labute approximate surface area is 216 Å². The van der Waals surface area contributed by atoms with Crippen LogP contribution in [-0.4, -0.2) is 48.1 Å². The molecular weight excluding hydrogens is 468 g/mol. The summed E-state index contributed by atoms with van der Waals surface area (Å²) in [6, 6.07) is 24.2. The lowest BCUT2D eigenvalue weighted by atomic mass is 9.98. The van der Waals surface area contributed by atoms with Crippen molar-refractivity contribution in [3.63, 3.8) is 0 Å². The number of likely N-dealkylation sites (tertiary alicyclic amines) is 1. The molecule has 5 rings (SSSR count). The summed E-state index contributed by atoms with van der Waals surface area (Å²) in [6.45, 7) is 2.37. The van der Waals surface area contributed by atoms with Crippen LogP contribution in [0, 0.1) is 0 Å². The zero-order chi connectivity index (χ0) is 25.8. The van der Waals surface area contributed by atoms with E-state index in [2.05, 4.69) is 29.6 Å². The van der Waals surface area contributed by atoms with Gasteiger partial charge in [-0.1, -0.05) is 78.9 Å². The van der Waals surface area contributed by atoms with Crippen molar-refractivity contribution in [1.29, 1.82) is 0 Å². The Morgan fingerprint density at radius 3 is 2.19 bits per heavy atom. The number of nitrogens with one attached hydrogen (secondary N) is 1. The first-order valence-electron chi connectivity index (χ1n) is 12.7. The Hall–Kier alpha value is -4.13. The van der Waals surface area contributed by atoms with Crippen molar-refractivity contribution in [1.82, 2.24) is 10.2 Å². The van der Waals surface area contributed by atoms with Gasteiger partial charge in [0.1, 0.15) is 25.3 Å². The van der Waals surface area contributed by atoms with Gasteiger partial charge in [0, 0.05) is 12.5 Å². The van der Waals surface area contributed by atoms with E-state index < -0.39 is 24.1 Å². The van der Waals surface area contributed by atoms with E-state index in [9.17, 15) is 14.4 Å². The minimum absolute atomic E-state index is 0.0634. The molecule has 190 valence electrons. The highest BCUT2D eigenvalue weighted by molar-refractivity contribution is 5.90. The smallest absolute Gasteiger partial charge is 0.407 e. The van der Waals surface area contributed by atoms with Crippen LogP contribution in [0.15, 0.2) is 78.9 Å². The van der Waals surface area contributed by atoms with Gasteiger partial charge in [0.25, 0.3) is 0 Å². The Morgan fingerprint density at radius 2 is 1.51 bits per heavy atom. The van der Waals surface area contributed by atoms with Gasteiger partial charge in [-0.25, -0.2) is 9.59 Å². The normalized spacial score (nSPS) is 17.0. The van der Waals surface area contributed by atoms with Gasteiger partial charge in [0.2, 0.25) is 5.91 Å². The summed E-state index contributed by atoms with van der Waals surface area (Å²) in [5, 5.41) is 2.64. The van der Waals surface area contributed by atoms with E-state index >= 15 is 0 Å². The number of fused-ring (bicyclic) bond motifs is 3. The fourth-order valence-electron chi connectivity index (χ4n) is 5.23. The van der Waals surface area contributed by atoms with Crippen molar-refractivity contribution >= 4 is 18.0 Å². The van der Waals surface area contributed by atoms with E-state index in [4.69, 9.17) is 9.47 Å². The standard InChI is InChI=1S/C30H30N2O5/c1-20(28(33)32-17-9-16-27(32)29(34)36-18-21-10-3-2-4-11-21)31-30(35)37-19-26-24-14-7-5-12-22(24)23-13-6-8-15-25(23)26/h2-8,10-15,20,26-27H,9,16-19H2,1H3,(H,31,35)/t20-,27-/m0/s1. The van der Waals surface area contributed by atoms with Crippen LogP contribution in [0.5, 0.6) is 0 Å². The number of ether oxygens (including phenoxy) is 2. The quantitative estimate of drug-likeness (QED) is 0.480. The summed E-state index contributed by atoms with van der Waals surface area (Å²) in [5.41, 5.74) is 5.42. The summed E-state index contributed by atoms with van der Waals surface area (Å²) >= 11 is 0. The average molecular weight is 499 g/mol. The molecule has 0 spiro atoms. The van der Waals surface area contributed by atoms with Crippen molar-refractivity contribution in [2.24, 2.45) is 0 Å². The highest BCUT2D eigenvalue weighted by Crippen LogP contribution is 2.44. The molecule has 0 bridgehead atoms. The van der Waals surface area contributed by atoms with Crippen LogP contribution in [0.2, 0.25) is 0 Å². The molecular formula is C30H30N2O5. The highest BCUT2D eigenvalue weighted by Gasteiger charge is 2.37. The third kappa shape index (κ3) is 5.21. The first-order valence-corrected chi connectivity index (χ1v) is 12.7. The molecule has 1 aliphatic carbocycles. The van der Waals surface area contributed by atoms with Crippen LogP contribution in [0.3, 0.4) is 0 Å². The van der Waals surface area contributed by atoms with Gasteiger partial charge in [-0.15, -0.1) is 0 Å². The lowest BCUT2D eigenvalue weighted by molar-refractivity contribution is -0.154. The van der Waals surface area contributed by atoms with Crippen LogP contribution >= 0.6 is 0 Å². The van der Waals surface area contributed by atoms with Crippen LogP contribution < -0.4 is 5.32 Å². The second-order valence-corrected chi connectivity index (χ2v) is 9.47. The van der Waals surface area contributed by atoms with Gasteiger partial charge in [-0.05, 0) is 47.6 Å². The lowest BCUT2D eigenvalue weighted by Crippen LogP contribution is -2.50. The SMILES string of the molecule is C[C@H](NC(=O)OCC1c2ccccc2-c2ccccc21)C(=O)N1CCC[C@H]1C(=O)OCc1ccccc1. The number of amides is 2. The van der Waals surface area contributed by atoms with Gasteiger partial charge in [0.15, 0.2) is 0 Å². The predicted octanol–water partition coefficient (Wildman–Crippen LogP) is 4.65. The summed E-state index contributed by atoms with van der Waals surface area (Å²) in [7, 11) is 0. The second-order valence-electron chi connectivity index (χ2n) is 9.47. The molecule has 7 nitrogen and oxygen atoms in total. The number of alkyl carbamates (subject to hydrolysis) is 1. The number of hydrogen-bond acceptors (Lipinski definition) is 5. The highest BCUT2D eigenvalue weighted by atomic mass is 16.5. The van der Waals surface area contributed by atoms with E-state index in [1.165, 1.54) is 4.90 Å². The number of rotatable bonds is 7. The van der Waals surface area contributed by atoms with Crippen molar-refractivity contribution in [3.8, 4) is 11.1 Å². The summed E-state index contributed by atoms with van der Waals surface area (Å²) in [5.74, 6) is -0.817. The monoisotopic (exact) mass is 498 g/mol. The molecule has 2 aliphatic rings. The molecule has 2 amide bonds. The molecule has 2 atom stereocenters. The Kier molecular flexibility index (Phi) is 7.21. The molecule has 1 heterocycles. The number of esters is 1. The number of hydrogen-bond donors (Lipinski definition) is 1. The summed E-state index contributed by atoms with van der Waals surface area (Å²) < 4.78 is 11.0. The van der Waals surface area contributed by atoms with Crippen LogP contribution in [0.25, 0.3) is 11.1 Å². The fourth-order valence-corrected chi connectivity index (χ4v) is 5.23. The van der Waals surface area contributed by atoms with Gasteiger partial charge in [0.05, 0.1) is 0 Å². The minimum Gasteiger partial charge on any atom is -0.459 e.